The molecule has 0 unspecified atom stereocenters. The number of hydrogen-bond donors (Lipinski definition) is 0. The van der Waals surface area contributed by atoms with Gasteiger partial charge in [0.15, 0.2) is 5.76 Å². The van der Waals surface area contributed by atoms with E-state index in [1.165, 1.54) is 12.1 Å². The smallest absolute Gasteiger partial charge is 0.490 e. The molecule has 0 aromatic heterocycles. The molecular weight excluding hydrogens is 261 g/mol. The summed E-state index contributed by atoms with van der Waals surface area (Å²) in [6.45, 7) is 0.479. The Bertz CT molecular complexity index is 489. The van der Waals surface area contributed by atoms with E-state index in [4.69, 9.17) is 4.74 Å². The van der Waals surface area contributed by atoms with Gasteiger partial charge >= 0.3 is 6.36 Å². The van der Waals surface area contributed by atoms with Crippen molar-refractivity contribution >= 4 is 5.78 Å². The number of carbonyl (C=O) groups excluding carboxylic acids is 1. The number of rotatable bonds is 3. The van der Waals surface area contributed by atoms with Crippen LogP contribution in [-0.2, 0) is 4.74 Å². The molecule has 2 rings (SSSR count). The molecule has 0 spiro atoms. The average Bonchev–Trinajstić information content (AvgIpc) is 2.38. The second-order valence-corrected chi connectivity index (χ2v) is 3.96. The number of carbonyl (C=O) groups is 1. The third kappa shape index (κ3) is 3.74. The van der Waals surface area contributed by atoms with Crippen LogP contribution in [0.15, 0.2) is 36.1 Å². The molecule has 1 aliphatic rings. The van der Waals surface area contributed by atoms with E-state index in [0.29, 0.717) is 6.61 Å². The van der Waals surface area contributed by atoms with Crippen LogP contribution in [0.5, 0.6) is 5.75 Å². The summed E-state index contributed by atoms with van der Waals surface area (Å²) in [6.07, 6.45) is -1.43. The van der Waals surface area contributed by atoms with Crippen LogP contribution >= 0.6 is 0 Å². The maximum Gasteiger partial charge on any atom is 0.573 e. The van der Waals surface area contributed by atoms with E-state index in [1.807, 2.05) is 0 Å². The van der Waals surface area contributed by atoms with Crippen molar-refractivity contribution in [1.29, 1.82) is 0 Å². The summed E-state index contributed by atoms with van der Waals surface area (Å²) in [6, 6.07) is 4.76. The molecule has 0 N–H and O–H groups in total. The first-order chi connectivity index (χ1) is 8.96. The van der Waals surface area contributed by atoms with E-state index in [2.05, 4.69) is 4.74 Å². The lowest BCUT2D eigenvalue weighted by molar-refractivity contribution is -0.274. The minimum atomic E-state index is -4.74. The second-order valence-electron chi connectivity index (χ2n) is 3.96. The highest BCUT2D eigenvalue weighted by molar-refractivity contribution is 6.07. The summed E-state index contributed by atoms with van der Waals surface area (Å²) >= 11 is 0. The fraction of sp³-hybridized carbons (Fsp3) is 0.308. The van der Waals surface area contributed by atoms with Crippen LogP contribution in [0.25, 0.3) is 0 Å². The Balaban J connectivity index is 2.10. The van der Waals surface area contributed by atoms with Crippen LogP contribution in [0.3, 0.4) is 0 Å². The van der Waals surface area contributed by atoms with Gasteiger partial charge in [-0.2, -0.15) is 0 Å². The standard InChI is InChI=1S/C13H11F3O3/c14-13(15,16)19-10-6-4-9(5-7-10)12(17)11-3-1-2-8-18-11/h3-7H,1-2,8H2. The Kier molecular flexibility index (Phi) is 3.78. The van der Waals surface area contributed by atoms with Crippen molar-refractivity contribution < 1.29 is 27.4 Å². The molecule has 0 radical (unpaired) electrons. The number of allylic oxidation sites excluding steroid dienone is 2. The van der Waals surface area contributed by atoms with Crippen LogP contribution in [0.2, 0.25) is 0 Å². The summed E-state index contributed by atoms with van der Waals surface area (Å²) in [5.74, 6) is -0.448. The lowest BCUT2D eigenvalue weighted by Crippen LogP contribution is -2.17. The van der Waals surface area contributed by atoms with Gasteiger partial charge < -0.3 is 9.47 Å². The van der Waals surface area contributed by atoms with Gasteiger partial charge in [0.2, 0.25) is 5.78 Å². The topological polar surface area (TPSA) is 35.5 Å². The number of halogens is 3. The molecule has 0 atom stereocenters. The molecule has 1 aromatic carbocycles. The van der Waals surface area contributed by atoms with Crippen LogP contribution in [0.1, 0.15) is 23.2 Å². The van der Waals surface area contributed by atoms with Crippen LogP contribution in [0.4, 0.5) is 13.2 Å². The number of alkyl halides is 3. The quantitative estimate of drug-likeness (QED) is 0.790. The first-order valence-electron chi connectivity index (χ1n) is 5.69. The Hall–Kier alpha value is -1.98. The average molecular weight is 272 g/mol. The Morgan fingerprint density at radius 3 is 2.42 bits per heavy atom. The molecule has 3 nitrogen and oxygen atoms in total. The highest BCUT2D eigenvalue weighted by Crippen LogP contribution is 2.24. The minimum absolute atomic E-state index is 0.246. The lowest BCUT2D eigenvalue weighted by atomic mass is 10.1. The van der Waals surface area contributed by atoms with Crippen LogP contribution < -0.4 is 4.74 Å². The molecule has 0 bridgehead atoms. The molecule has 19 heavy (non-hydrogen) atoms. The SMILES string of the molecule is O=C(C1=CCCCO1)c1ccc(OC(F)(F)F)cc1. The highest BCUT2D eigenvalue weighted by Gasteiger charge is 2.31. The van der Waals surface area contributed by atoms with E-state index in [9.17, 15) is 18.0 Å². The number of ketones is 1. The maximum atomic E-state index is 12.0. The fourth-order valence-electron chi connectivity index (χ4n) is 1.67. The summed E-state index contributed by atoms with van der Waals surface area (Å²) < 4.78 is 44.8. The van der Waals surface area contributed by atoms with Crippen molar-refractivity contribution in [2.24, 2.45) is 0 Å². The van der Waals surface area contributed by atoms with E-state index < -0.39 is 6.36 Å². The van der Waals surface area contributed by atoms with Crippen molar-refractivity contribution in [2.75, 3.05) is 6.61 Å². The normalized spacial score (nSPS) is 15.4. The molecular formula is C13H11F3O3. The minimum Gasteiger partial charge on any atom is -0.490 e. The van der Waals surface area contributed by atoms with Crippen molar-refractivity contribution in [3.63, 3.8) is 0 Å². The predicted octanol–water partition coefficient (Wildman–Crippen LogP) is 3.46. The Labute approximate surface area is 107 Å². The van der Waals surface area contributed by atoms with E-state index in [-0.39, 0.29) is 22.9 Å². The van der Waals surface area contributed by atoms with Gasteiger partial charge in [-0.3, -0.25) is 4.79 Å². The summed E-state index contributed by atoms with van der Waals surface area (Å²) in [5.41, 5.74) is 0.266. The van der Waals surface area contributed by atoms with Gasteiger partial charge in [0, 0.05) is 5.56 Å². The number of hydrogen-bond acceptors (Lipinski definition) is 3. The zero-order chi connectivity index (χ0) is 13.9. The maximum absolute atomic E-state index is 12.0. The van der Waals surface area contributed by atoms with Gasteiger partial charge in [-0.1, -0.05) is 0 Å². The summed E-state index contributed by atoms with van der Waals surface area (Å²) in [5, 5.41) is 0. The first kappa shape index (κ1) is 13.5. The summed E-state index contributed by atoms with van der Waals surface area (Å²) in [7, 11) is 0. The van der Waals surface area contributed by atoms with Crippen molar-refractivity contribution in [3.8, 4) is 5.75 Å². The molecule has 0 saturated heterocycles. The zero-order valence-electron chi connectivity index (χ0n) is 9.87. The Morgan fingerprint density at radius 1 is 1.21 bits per heavy atom. The molecule has 0 aliphatic carbocycles. The zero-order valence-corrected chi connectivity index (χ0v) is 9.87. The molecule has 1 aliphatic heterocycles. The number of ether oxygens (including phenoxy) is 2. The number of Topliss-reactive ketones (excluding diaryl/α,β-unsaturated/α-hetero) is 1. The highest BCUT2D eigenvalue weighted by atomic mass is 19.4. The van der Waals surface area contributed by atoms with Gasteiger partial charge in [-0.15, -0.1) is 13.2 Å². The molecule has 0 amide bonds. The molecule has 1 heterocycles. The van der Waals surface area contributed by atoms with Crippen LogP contribution in [-0.4, -0.2) is 18.8 Å². The largest absolute Gasteiger partial charge is 0.573 e. The fourth-order valence-corrected chi connectivity index (χ4v) is 1.67. The third-order valence-electron chi connectivity index (χ3n) is 2.51. The van der Waals surface area contributed by atoms with Gasteiger partial charge in [0.1, 0.15) is 5.75 Å². The van der Waals surface area contributed by atoms with Gasteiger partial charge in [0.05, 0.1) is 6.61 Å². The molecule has 102 valence electrons. The van der Waals surface area contributed by atoms with E-state index in [1.54, 1.807) is 6.08 Å². The van der Waals surface area contributed by atoms with Gasteiger partial charge in [-0.25, -0.2) is 0 Å². The molecule has 6 heteroatoms. The molecule has 1 aromatic rings. The van der Waals surface area contributed by atoms with E-state index in [0.717, 1.165) is 25.0 Å². The van der Waals surface area contributed by atoms with Crippen molar-refractivity contribution in [3.05, 3.63) is 41.7 Å². The first-order valence-corrected chi connectivity index (χ1v) is 5.69. The monoisotopic (exact) mass is 272 g/mol. The van der Waals surface area contributed by atoms with Crippen molar-refractivity contribution in [2.45, 2.75) is 19.2 Å². The second kappa shape index (κ2) is 5.34. The molecule has 0 fully saturated rings. The predicted molar refractivity (Wildman–Crippen MR) is 60.7 cm³/mol. The lowest BCUT2D eigenvalue weighted by Gasteiger charge is -2.14. The van der Waals surface area contributed by atoms with E-state index >= 15 is 0 Å². The van der Waals surface area contributed by atoms with Crippen molar-refractivity contribution in [1.82, 2.24) is 0 Å². The van der Waals surface area contributed by atoms with Gasteiger partial charge in [-0.05, 0) is 43.2 Å². The third-order valence-corrected chi connectivity index (χ3v) is 2.51. The van der Waals surface area contributed by atoms with Gasteiger partial charge in [0.25, 0.3) is 0 Å². The Morgan fingerprint density at radius 2 is 1.89 bits per heavy atom. The van der Waals surface area contributed by atoms with Crippen LogP contribution in [0, 0.1) is 0 Å². The number of benzene rings is 1. The molecule has 0 saturated carbocycles. The summed E-state index contributed by atoms with van der Waals surface area (Å²) in [4.78, 5) is 11.9.